The van der Waals surface area contributed by atoms with E-state index in [1.807, 2.05) is 0 Å². The molecule has 0 amide bonds. The first-order chi connectivity index (χ1) is 9.47. The normalized spacial score (nSPS) is 23.9. The van der Waals surface area contributed by atoms with Gasteiger partial charge < -0.3 is 5.11 Å². The molecule has 8 heteroatoms. The van der Waals surface area contributed by atoms with Crippen molar-refractivity contribution in [1.82, 2.24) is 14.9 Å². The third-order valence-corrected chi connectivity index (χ3v) is 6.32. The molecule has 20 heavy (non-hydrogen) atoms. The van der Waals surface area contributed by atoms with Gasteiger partial charge >= 0.3 is 0 Å². The van der Waals surface area contributed by atoms with Gasteiger partial charge in [0.05, 0.1) is 6.61 Å². The zero-order chi connectivity index (χ0) is 14.8. The fraction of sp³-hybridized carbons (Fsp3) is 0.750. The minimum Gasteiger partial charge on any atom is -0.392 e. The Morgan fingerprint density at radius 1 is 1.50 bits per heavy atom. The Labute approximate surface area is 123 Å². The Kier molecular flexibility index (Phi) is 5.11. The molecule has 1 aromatic heterocycles. The Hall–Kier alpha value is -0.570. The minimum atomic E-state index is -3.68. The van der Waals surface area contributed by atoms with Gasteiger partial charge in [-0.25, -0.2) is 13.1 Å². The van der Waals surface area contributed by atoms with Gasteiger partial charge in [0.1, 0.15) is 0 Å². The first kappa shape index (κ1) is 15.8. The van der Waals surface area contributed by atoms with Crippen molar-refractivity contribution >= 4 is 21.8 Å². The Bertz CT molecular complexity index is 556. The van der Waals surface area contributed by atoms with Crippen LogP contribution in [0.5, 0.6) is 0 Å². The smallest absolute Gasteiger partial charge is 0.260 e. The molecule has 1 fully saturated rings. The van der Waals surface area contributed by atoms with Crippen molar-refractivity contribution in [2.45, 2.75) is 55.5 Å². The summed E-state index contributed by atoms with van der Waals surface area (Å²) in [5.74, 6) is 0. The molecule has 1 saturated carbocycles. The molecule has 114 valence electrons. The van der Waals surface area contributed by atoms with Crippen LogP contribution in [0.25, 0.3) is 0 Å². The van der Waals surface area contributed by atoms with Crippen LogP contribution in [0.15, 0.2) is 5.03 Å². The lowest BCUT2D eigenvalue weighted by Gasteiger charge is -2.28. The summed E-state index contributed by atoms with van der Waals surface area (Å²) in [6.45, 7) is 1.36. The summed E-state index contributed by atoms with van der Waals surface area (Å²) >= 11 is 1.79. The van der Waals surface area contributed by atoms with Gasteiger partial charge in [0.2, 0.25) is 0 Å². The molecular weight excluding hydrogens is 298 g/mol. The fourth-order valence-corrected chi connectivity index (χ4v) is 4.88. The molecular formula is C12H21N3O3S2. The summed E-state index contributed by atoms with van der Waals surface area (Å²) in [4.78, 5) is 0. The number of sulfonamides is 1. The minimum absolute atomic E-state index is 0.0465. The molecule has 0 spiro atoms. The third-order valence-electron chi connectivity index (χ3n) is 3.73. The van der Waals surface area contributed by atoms with Crippen molar-refractivity contribution < 1.29 is 13.5 Å². The van der Waals surface area contributed by atoms with Crippen molar-refractivity contribution in [1.29, 1.82) is 0 Å². The van der Waals surface area contributed by atoms with Gasteiger partial charge in [-0.05, 0) is 32.4 Å². The summed E-state index contributed by atoms with van der Waals surface area (Å²) in [6, 6.07) is -0.0465. The number of nitrogens with zero attached hydrogens (tertiary/aromatic N) is 1. The number of thioether (sulfide) groups is 1. The second kappa shape index (κ2) is 6.46. The molecule has 1 heterocycles. The highest BCUT2D eigenvalue weighted by molar-refractivity contribution is 7.99. The number of rotatable bonds is 5. The van der Waals surface area contributed by atoms with E-state index in [1.54, 1.807) is 18.7 Å². The largest absolute Gasteiger partial charge is 0.392 e. The van der Waals surface area contributed by atoms with E-state index in [4.69, 9.17) is 0 Å². The highest BCUT2D eigenvalue weighted by Gasteiger charge is 2.29. The maximum atomic E-state index is 12.4. The van der Waals surface area contributed by atoms with Crippen LogP contribution in [0.1, 0.15) is 36.9 Å². The highest BCUT2D eigenvalue weighted by Crippen LogP contribution is 2.28. The molecule has 3 N–H and O–H groups in total. The van der Waals surface area contributed by atoms with Gasteiger partial charge in [-0.1, -0.05) is 6.42 Å². The molecule has 2 atom stereocenters. The number of aliphatic hydroxyl groups excluding tert-OH is 1. The number of nitrogens with one attached hydrogen (secondary N) is 2. The first-order valence-electron chi connectivity index (χ1n) is 6.67. The number of aliphatic hydroxyl groups is 1. The average molecular weight is 319 g/mol. The molecule has 0 radical (unpaired) electrons. The number of aromatic amines is 1. The van der Waals surface area contributed by atoms with E-state index in [2.05, 4.69) is 21.2 Å². The predicted octanol–water partition coefficient (Wildman–Crippen LogP) is 1.16. The quantitative estimate of drug-likeness (QED) is 0.757. The van der Waals surface area contributed by atoms with Gasteiger partial charge in [0.15, 0.2) is 5.03 Å². The van der Waals surface area contributed by atoms with Gasteiger partial charge in [0.25, 0.3) is 10.0 Å². The van der Waals surface area contributed by atoms with E-state index in [1.165, 1.54) is 0 Å². The lowest BCUT2D eigenvalue weighted by Crippen LogP contribution is -2.39. The van der Waals surface area contributed by atoms with Crippen molar-refractivity contribution in [2.24, 2.45) is 0 Å². The van der Waals surface area contributed by atoms with Crippen LogP contribution in [0.3, 0.4) is 0 Å². The lowest BCUT2D eigenvalue weighted by atomic mass is 9.96. The van der Waals surface area contributed by atoms with Crippen LogP contribution in [-0.4, -0.2) is 41.3 Å². The monoisotopic (exact) mass is 319 g/mol. The topological polar surface area (TPSA) is 95.1 Å². The zero-order valence-corrected chi connectivity index (χ0v) is 13.4. The Morgan fingerprint density at radius 2 is 2.25 bits per heavy atom. The number of hydrogen-bond donors (Lipinski definition) is 3. The number of aryl methyl sites for hydroxylation is 1. The van der Waals surface area contributed by atoms with Gasteiger partial charge in [-0.15, -0.1) is 0 Å². The van der Waals surface area contributed by atoms with E-state index < -0.39 is 10.0 Å². The first-order valence-corrected chi connectivity index (χ1v) is 9.45. The van der Waals surface area contributed by atoms with Gasteiger partial charge in [-0.2, -0.15) is 16.9 Å². The average Bonchev–Trinajstić information content (AvgIpc) is 2.80. The van der Waals surface area contributed by atoms with Gasteiger partial charge in [-0.3, -0.25) is 5.10 Å². The summed E-state index contributed by atoms with van der Waals surface area (Å²) in [7, 11) is -3.68. The maximum Gasteiger partial charge on any atom is 0.260 e. The van der Waals surface area contributed by atoms with E-state index in [9.17, 15) is 13.5 Å². The molecule has 0 aromatic carbocycles. The molecule has 6 nitrogen and oxygen atoms in total. The lowest BCUT2D eigenvalue weighted by molar-refractivity contribution is 0.277. The number of hydrogen-bond acceptors (Lipinski definition) is 5. The summed E-state index contributed by atoms with van der Waals surface area (Å²) in [5.41, 5.74) is 0.924. The van der Waals surface area contributed by atoms with Crippen LogP contribution in [0, 0.1) is 6.92 Å². The van der Waals surface area contributed by atoms with Crippen LogP contribution in [0.2, 0.25) is 0 Å². The van der Waals surface area contributed by atoms with Crippen LogP contribution in [-0.2, 0) is 16.6 Å². The van der Waals surface area contributed by atoms with Gasteiger partial charge in [0, 0.05) is 22.5 Å². The molecule has 2 unspecified atom stereocenters. The summed E-state index contributed by atoms with van der Waals surface area (Å²) < 4.78 is 27.5. The summed E-state index contributed by atoms with van der Waals surface area (Å²) in [5, 5.41) is 16.2. The molecule has 1 aliphatic carbocycles. The predicted molar refractivity (Wildman–Crippen MR) is 79.1 cm³/mol. The van der Waals surface area contributed by atoms with Crippen LogP contribution >= 0.6 is 11.8 Å². The fourth-order valence-electron chi connectivity index (χ4n) is 2.58. The van der Waals surface area contributed by atoms with E-state index >= 15 is 0 Å². The second-order valence-corrected chi connectivity index (χ2v) is 7.90. The maximum absolute atomic E-state index is 12.4. The van der Waals surface area contributed by atoms with Crippen molar-refractivity contribution in [3.05, 3.63) is 11.3 Å². The summed E-state index contributed by atoms with van der Waals surface area (Å²) in [6.07, 6.45) is 5.93. The van der Waals surface area contributed by atoms with E-state index in [0.717, 1.165) is 25.7 Å². The molecule has 0 bridgehead atoms. The Morgan fingerprint density at radius 3 is 2.90 bits per heavy atom. The standard InChI is InChI=1S/C12H21N3O3S2/c1-8-11(7-16)12(14-13-8)20(17,18)15-9-4-3-5-10(6-9)19-2/h9-10,15-16H,3-7H2,1-2H3,(H,13,14). The van der Waals surface area contributed by atoms with E-state index in [0.29, 0.717) is 16.5 Å². The SMILES string of the molecule is CSC1CCCC(NS(=O)(=O)c2n[nH]c(C)c2CO)C1. The molecule has 2 rings (SSSR count). The third kappa shape index (κ3) is 3.36. The zero-order valence-electron chi connectivity index (χ0n) is 11.7. The van der Waals surface area contributed by atoms with Crippen molar-refractivity contribution in [3.63, 3.8) is 0 Å². The Balaban J connectivity index is 2.14. The van der Waals surface area contributed by atoms with E-state index in [-0.39, 0.29) is 17.7 Å². The number of H-pyrrole nitrogens is 1. The number of aromatic nitrogens is 2. The highest BCUT2D eigenvalue weighted by atomic mass is 32.2. The van der Waals surface area contributed by atoms with Crippen molar-refractivity contribution in [2.75, 3.05) is 6.26 Å². The molecule has 1 aliphatic rings. The molecule has 0 saturated heterocycles. The van der Waals surface area contributed by atoms with Crippen LogP contribution < -0.4 is 4.72 Å². The second-order valence-electron chi connectivity index (χ2n) is 5.13. The molecule has 0 aliphatic heterocycles. The van der Waals surface area contributed by atoms with Crippen molar-refractivity contribution in [3.8, 4) is 0 Å². The van der Waals surface area contributed by atoms with Crippen LogP contribution in [0.4, 0.5) is 0 Å². The molecule has 1 aromatic rings.